The van der Waals surface area contributed by atoms with Crippen LogP contribution in [0.3, 0.4) is 0 Å². The van der Waals surface area contributed by atoms with Gasteiger partial charge in [0.05, 0.1) is 12.1 Å². The van der Waals surface area contributed by atoms with Crippen molar-refractivity contribution in [1.82, 2.24) is 0 Å². The molecule has 0 aliphatic carbocycles. The van der Waals surface area contributed by atoms with Gasteiger partial charge in [-0.3, -0.25) is 9.59 Å². The molecule has 2 aromatic rings. The molecule has 1 heterocycles. The monoisotopic (exact) mass is 338 g/mol. The molecule has 5 nitrogen and oxygen atoms in total. The second-order valence-electron chi connectivity index (χ2n) is 6.24. The molecule has 130 valence electrons. The Hall–Kier alpha value is -2.82. The van der Waals surface area contributed by atoms with Crippen LogP contribution in [0.15, 0.2) is 48.5 Å². The number of nitrogens with one attached hydrogen (secondary N) is 2. The number of fused-ring (bicyclic) bond motifs is 1. The van der Waals surface area contributed by atoms with Gasteiger partial charge in [0.1, 0.15) is 5.75 Å². The molecule has 25 heavy (non-hydrogen) atoms. The van der Waals surface area contributed by atoms with Crippen LogP contribution in [0, 0.1) is 0 Å². The lowest BCUT2D eigenvalue weighted by Gasteiger charge is -2.25. The third-order valence-corrected chi connectivity index (χ3v) is 4.46. The Morgan fingerprint density at radius 3 is 2.72 bits per heavy atom. The van der Waals surface area contributed by atoms with Crippen LogP contribution in [0.1, 0.15) is 38.2 Å². The fourth-order valence-electron chi connectivity index (χ4n) is 2.86. The minimum Gasteiger partial charge on any atom is -0.478 e. The SMILES string of the molecule is CC[C@H](C)c1ccccc1NC(=O)C[C@H]1Oc2ccccc2NC1=O. The average Bonchev–Trinajstić information content (AvgIpc) is 2.62. The first-order valence-electron chi connectivity index (χ1n) is 8.53. The number of ether oxygens (including phenoxy) is 1. The van der Waals surface area contributed by atoms with E-state index in [2.05, 4.69) is 24.5 Å². The molecule has 0 fully saturated rings. The van der Waals surface area contributed by atoms with Crippen molar-refractivity contribution in [3.05, 3.63) is 54.1 Å². The fourth-order valence-corrected chi connectivity index (χ4v) is 2.86. The van der Waals surface area contributed by atoms with Crippen molar-refractivity contribution >= 4 is 23.2 Å². The van der Waals surface area contributed by atoms with Gasteiger partial charge >= 0.3 is 0 Å². The maximum Gasteiger partial charge on any atom is 0.266 e. The lowest BCUT2D eigenvalue weighted by molar-refractivity contribution is -0.128. The predicted octanol–water partition coefficient (Wildman–Crippen LogP) is 3.93. The van der Waals surface area contributed by atoms with E-state index in [0.29, 0.717) is 17.4 Å². The normalized spacial score (nSPS) is 17.0. The van der Waals surface area contributed by atoms with E-state index in [0.717, 1.165) is 17.7 Å². The summed E-state index contributed by atoms with van der Waals surface area (Å²) in [5.41, 5.74) is 2.52. The summed E-state index contributed by atoms with van der Waals surface area (Å²) in [5.74, 6) is 0.386. The average molecular weight is 338 g/mol. The van der Waals surface area contributed by atoms with Crippen molar-refractivity contribution in [2.75, 3.05) is 10.6 Å². The molecule has 0 unspecified atom stereocenters. The molecule has 5 heteroatoms. The molecule has 2 amide bonds. The summed E-state index contributed by atoms with van der Waals surface area (Å²) in [6, 6.07) is 15.0. The Bertz CT molecular complexity index is 788. The van der Waals surface area contributed by atoms with Crippen LogP contribution < -0.4 is 15.4 Å². The van der Waals surface area contributed by atoms with Crippen LogP contribution in [0.4, 0.5) is 11.4 Å². The van der Waals surface area contributed by atoms with Crippen LogP contribution in [0.2, 0.25) is 0 Å². The lowest BCUT2D eigenvalue weighted by atomic mass is 9.97. The van der Waals surface area contributed by atoms with Crippen molar-refractivity contribution in [1.29, 1.82) is 0 Å². The highest BCUT2D eigenvalue weighted by molar-refractivity contribution is 6.02. The highest BCUT2D eigenvalue weighted by atomic mass is 16.5. The van der Waals surface area contributed by atoms with Gasteiger partial charge in [-0.1, -0.05) is 44.2 Å². The van der Waals surface area contributed by atoms with E-state index >= 15 is 0 Å². The van der Waals surface area contributed by atoms with Gasteiger partial charge in [0, 0.05) is 5.69 Å². The molecular formula is C20H22N2O3. The number of benzene rings is 2. The Kier molecular flexibility index (Phi) is 5.03. The zero-order chi connectivity index (χ0) is 17.8. The molecule has 2 aromatic carbocycles. The minimum absolute atomic E-state index is 0.0327. The number of para-hydroxylation sites is 3. The van der Waals surface area contributed by atoms with Crippen LogP contribution in [0.25, 0.3) is 0 Å². The van der Waals surface area contributed by atoms with Crippen molar-refractivity contribution in [3.63, 3.8) is 0 Å². The molecule has 3 rings (SSSR count). The topological polar surface area (TPSA) is 67.4 Å². The first-order chi connectivity index (χ1) is 12.1. The van der Waals surface area contributed by atoms with E-state index < -0.39 is 6.10 Å². The van der Waals surface area contributed by atoms with Crippen LogP contribution in [0.5, 0.6) is 5.75 Å². The van der Waals surface area contributed by atoms with Gasteiger partial charge in [-0.2, -0.15) is 0 Å². The maximum absolute atomic E-state index is 12.4. The smallest absolute Gasteiger partial charge is 0.266 e. The molecule has 0 saturated carbocycles. The van der Waals surface area contributed by atoms with Crippen LogP contribution in [-0.2, 0) is 9.59 Å². The fraction of sp³-hybridized carbons (Fsp3) is 0.300. The van der Waals surface area contributed by atoms with Gasteiger partial charge in [-0.25, -0.2) is 0 Å². The van der Waals surface area contributed by atoms with Crippen molar-refractivity contribution in [2.45, 2.75) is 38.7 Å². The molecule has 1 aliphatic rings. The van der Waals surface area contributed by atoms with Gasteiger partial charge < -0.3 is 15.4 Å². The van der Waals surface area contributed by atoms with E-state index in [1.54, 1.807) is 12.1 Å². The minimum atomic E-state index is -0.828. The Morgan fingerprint density at radius 2 is 1.92 bits per heavy atom. The number of rotatable bonds is 5. The molecule has 0 saturated heterocycles. The van der Waals surface area contributed by atoms with E-state index in [1.807, 2.05) is 36.4 Å². The molecule has 0 aromatic heterocycles. The van der Waals surface area contributed by atoms with E-state index in [-0.39, 0.29) is 18.2 Å². The van der Waals surface area contributed by atoms with E-state index in [4.69, 9.17) is 4.74 Å². The highest BCUT2D eigenvalue weighted by Gasteiger charge is 2.29. The number of anilines is 2. The van der Waals surface area contributed by atoms with Crippen LogP contribution in [-0.4, -0.2) is 17.9 Å². The second-order valence-corrected chi connectivity index (χ2v) is 6.24. The molecule has 0 radical (unpaired) electrons. The third kappa shape index (κ3) is 3.82. The Balaban J connectivity index is 1.69. The summed E-state index contributed by atoms with van der Waals surface area (Å²) in [5, 5.41) is 5.69. The summed E-state index contributed by atoms with van der Waals surface area (Å²) in [6.07, 6.45) is 0.123. The summed E-state index contributed by atoms with van der Waals surface area (Å²) >= 11 is 0. The van der Waals surface area contributed by atoms with Gasteiger partial charge in [0.2, 0.25) is 5.91 Å². The Morgan fingerprint density at radius 1 is 1.20 bits per heavy atom. The summed E-state index contributed by atoms with van der Waals surface area (Å²) < 4.78 is 5.68. The summed E-state index contributed by atoms with van der Waals surface area (Å²) in [7, 11) is 0. The van der Waals surface area contributed by atoms with Crippen LogP contribution >= 0.6 is 0 Å². The number of hydrogen-bond donors (Lipinski definition) is 2. The van der Waals surface area contributed by atoms with Gasteiger partial charge in [-0.15, -0.1) is 0 Å². The van der Waals surface area contributed by atoms with Crippen molar-refractivity contribution < 1.29 is 14.3 Å². The lowest BCUT2D eigenvalue weighted by Crippen LogP contribution is -2.39. The van der Waals surface area contributed by atoms with Gasteiger partial charge in [0.25, 0.3) is 5.91 Å². The van der Waals surface area contributed by atoms with E-state index in [9.17, 15) is 9.59 Å². The number of hydrogen-bond acceptors (Lipinski definition) is 3. The molecule has 2 atom stereocenters. The standard InChI is InChI=1S/C20H22N2O3/c1-3-13(2)14-8-4-5-9-15(14)21-19(23)12-18-20(24)22-16-10-6-7-11-17(16)25-18/h4-11,13,18H,3,12H2,1-2H3,(H,21,23)(H,22,24)/t13-,18+/m0/s1. The quantitative estimate of drug-likeness (QED) is 0.868. The number of carbonyl (C=O) groups excluding carboxylic acids is 2. The zero-order valence-electron chi connectivity index (χ0n) is 14.4. The summed E-state index contributed by atoms with van der Waals surface area (Å²) in [6.45, 7) is 4.24. The van der Waals surface area contributed by atoms with Crippen molar-refractivity contribution in [2.24, 2.45) is 0 Å². The molecule has 2 N–H and O–H groups in total. The second kappa shape index (κ2) is 7.38. The first-order valence-corrected chi connectivity index (χ1v) is 8.53. The van der Waals surface area contributed by atoms with E-state index in [1.165, 1.54) is 0 Å². The zero-order valence-corrected chi connectivity index (χ0v) is 14.4. The van der Waals surface area contributed by atoms with Gasteiger partial charge in [-0.05, 0) is 36.1 Å². The highest BCUT2D eigenvalue weighted by Crippen LogP contribution is 2.30. The first kappa shape index (κ1) is 17.0. The number of amides is 2. The van der Waals surface area contributed by atoms with Crippen molar-refractivity contribution in [3.8, 4) is 5.75 Å². The molecule has 0 spiro atoms. The molecular weight excluding hydrogens is 316 g/mol. The Labute approximate surface area is 147 Å². The number of carbonyl (C=O) groups is 2. The third-order valence-electron chi connectivity index (χ3n) is 4.46. The molecule has 1 aliphatic heterocycles. The largest absolute Gasteiger partial charge is 0.478 e. The molecule has 0 bridgehead atoms. The maximum atomic E-state index is 12.4. The predicted molar refractivity (Wildman–Crippen MR) is 97.9 cm³/mol. The van der Waals surface area contributed by atoms with Gasteiger partial charge in [0.15, 0.2) is 6.10 Å². The summed E-state index contributed by atoms with van der Waals surface area (Å²) in [4.78, 5) is 24.6.